The van der Waals surface area contributed by atoms with E-state index in [0.717, 1.165) is 11.1 Å². The molecule has 4 rings (SSSR count). The van der Waals surface area contributed by atoms with E-state index in [1.807, 2.05) is 36.4 Å². The van der Waals surface area contributed by atoms with Crippen LogP contribution < -0.4 is 0 Å². The molecular weight excluding hydrogens is 307 g/mol. The van der Waals surface area contributed by atoms with E-state index >= 15 is 0 Å². The van der Waals surface area contributed by atoms with E-state index in [9.17, 15) is 4.39 Å². The van der Waals surface area contributed by atoms with Crippen LogP contribution in [0.2, 0.25) is 0 Å². The maximum atomic E-state index is 13.8. The van der Waals surface area contributed by atoms with E-state index in [4.69, 9.17) is 9.15 Å². The summed E-state index contributed by atoms with van der Waals surface area (Å²) in [5, 5.41) is 8.50. The Labute approximate surface area is 139 Å². The average molecular weight is 324 g/mol. The minimum absolute atomic E-state index is 0.263. The fraction of sp³-hybridized carbons (Fsp3) is 0.263. The molecule has 3 aromatic rings. The van der Waals surface area contributed by atoms with Gasteiger partial charge in [-0.05, 0) is 42.7 Å². The normalized spacial score (nSPS) is 16.9. The lowest BCUT2D eigenvalue weighted by molar-refractivity contribution is 0.0545. The number of ether oxygens (including phenoxy) is 1. The van der Waals surface area contributed by atoms with Crippen LogP contribution in [0.4, 0.5) is 4.39 Å². The minimum Gasteiger partial charge on any atom is -0.420 e. The van der Waals surface area contributed by atoms with Gasteiger partial charge in [-0.1, -0.05) is 30.3 Å². The maximum absolute atomic E-state index is 13.8. The van der Waals surface area contributed by atoms with Crippen LogP contribution >= 0.6 is 0 Å². The van der Waals surface area contributed by atoms with Crippen molar-refractivity contribution in [2.75, 3.05) is 13.2 Å². The molecule has 2 aromatic carbocycles. The van der Waals surface area contributed by atoms with Gasteiger partial charge >= 0.3 is 0 Å². The van der Waals surface area contributed by atoms with Gasteiger partial charge in [-0.3, -0.25) is 0 Å². The lowest BCUT2D eigenvalue weighted by Gasteiger charge is -2.34. The highest BCUT2D eigenvalue weighted by atomic mass is 19.1. The third kappa shape index (κ3) is 2.61. The van der Waals surface area contributed by atoms with Crippen molar-refractivity contribution in [3.05, 3.63) is 71.9 Å². The maximum Gasteiger partial charge on any atom is 0.247 e. The number of halogens is 1. The summed E-state index contributed by atoms with van der Waals surface area (Å²) in [6.45, 7) is 1.17. The summed E-state index contributed by atoms with van der Waals surface area (Å²) < 4.78 is 25.3. The second-order valence-electron chi connectivity index (χ2n) is 5.98. The Balaban J connectivity index is 1.79. The third-order valence-electron chi connectivity index (χ3n) is 4.58. The molecule has 0 atom stereocenters. The molecule has 1 aromatic heterocycles. The largest absolute Gasteiger partial charge is 0.420 e. The molecule has 0 aliphatic carbocycles. The van der Waals surface area contributed by atoms with Gasteiger partial charge in [0.15, 0.2) is 0 Å². The molecule has 5 heteroatoms. The molecule has 0 unspecified atom stereocenters. The summed E-state index contributed by atoms with van der Waals surface area (Å²) in [6, 6.07) is 16.3. The molecule has 1 saturated heterocycles. The van der Waals surface area contributed by atoms with E-state index in [1.54, 1.807) is 12.1 Å². The second-order valence-corrected chi connectivity index (χ2v) is 5.98. The van der Waals surface area contributed by atoms with Gasteiger partial charge in [-0.25, -0.2) is 4.39 Å². The molecule has 0 radical (unpaired) electrons. The quantitative estimate of drug-likeness (QED) is 0.731. The molecule has 0 bridgehead atoms. The van der Waals surface area contributed by atoms with E-state index in [2.05, 4.69) is 10.2 Å². The average Bonchev–Trinajstić information content (AvgIpc) is 3.14. The van der Waals surface area contributed by atoms with Crippen molar-refractivity contribution in [3.63, 3.8) is 0 Å². The lowest BCUT2D eigenvalue weighted by Crippen LogP contribution is -2.35. The number of rotatable bonds is 3. The summed E-state index contributed by atoms with van der Waals surface area (Å²) in [6.07, 6.45) is 1.37. The highest BCUT2D eigenvalue weighted by molar-refractivity contribution is 5.52. The SMILES string of the molecule is Fc1cccc(C2(c3nnc(-c4ccccc4)o3)CCOCC2)c1. The van der Waals surface area contributed by atoms with Gasteiger partial charge in [-0.2, -0.15) is 0 Å². The molecule has 2 heterocycles. The summed E-state index contributed by atoms with van der Waals surface area (Å²) in [4.78, 5) is 0. The van der Waals surface area contributed by atoms with Gasteiger partial charge in [-0.15, -0.1) is 10.2 Å². The van der Waals surface area contributed by atoms with Crippen molar-refractivity contribution < 1.29 is 13.5 Å². The molecule has 1 aliphatic heterocycles. The van der Waals surface area contributed by atoms with Gasteiger partial charge in [0.2, 0.25) is 11.8 Å². The van der Waals surface area contributed by atoms with Crippen molar-refractivity contribution in [3.8, 4) is 11.5 Å². The Bertz CT molecular complexity index is 826. The Morgan fingerprint density at radius 3 is 2.46 bits per heavy atom. The van der Waals surface area contributed by atoms with Crippen LogP contribution in [0.5, 0.6) is 0 Å². The van der Waals surface area contributed by atoms with Crippen molar-refractivity contribution in [2.24, 2.45) is 0 Å². The first kappa shape index (κ1) is 15.0. The van der Waals surface area contributed by atoms with Crippen LogP contribution in [0.3, 0.4) is 0 Å². The fourth-order valence-electron chi connectivity index (χ4n) is 3.25. The molecule has 0 spiro atoms. The second kappa shape index (κ2) is 6.17. The topological polar surface area (TPSA) is 48.2 Å². The Hall–Kier alpha value is -2.53. The molecule has 1 fully saturated rings. The predicted molar refractivity (Wildman–Crippen MR) is 87.0 cm³/mol. The van der Waals surface area contributed by atoms with E-state index < -0.39 is 5.41 Å². The molecule has 0 N–H and O–H groups in total. The molecule has 0 saturated carbocycles. The molecule has 1 aliphatic rings. The monoisotopic (exact) mass is 324 g/mol. The van der Waals surface area contributed by atoms with Crippen LogP contribution in [-0.4, -0.2) is 23.4 Å². The van der Waals surface area contributed by atoms with Gasteiger partial charge in [0, 0.05) is 18.8 Å². The number of aromatic nitrogens is 2. The predicted octanol–water partition coefficient (Wildman–Crippen LogP) is 3.97. The van der Waals surface area contributed by atoms with Gasteiger partial charge in [0.1, 0.15) is 5.82 Å². The summed E-state index contributed by atoms with van der Waals surface area (Å²) in [5.41, 5.74) is 1.23. The smallest absolute Gasteiger partial charge is 0.247 e. The first-order chi connectivity index (χ1) is 11.8. The Morgan fingerprint density at radius 1 is 0.917 bits per heavy atom. The van der Waals surface area contributed by atoms with Gasteiger partial charge in [0.05, 0.1) is 5.41 Å². The summed E-state index contributed by atoms with van der Waals surface area (Å²) in [5.74, 6) is 0.740. The lowest BCUT2D eigenvalue weighted by atomic mass is 9.74. The van der Waals surface area contributed by atoms with E-state index in [-0.39, 0.29) is 5.82 Å². The number of benzene rings is 2. The zero-order chi connectivity index (χ0) is 16.4. The van der Waals surface area contributed by atoms with Crippen LogP contribution in [0.1, 0.15) is 24.3 Å². The highest BCUT2D eigenvalue weighted by Gasteiger charge is 2.41. The zero-order valence-electron chi connectivity index (χ0n) is 13.1. The van der Waals surface area contributed by atoms with Crippen LogP contribution in [0.15, 0.2) is 59.0 Å². The first-order valence-corrected chi connectivity index (χ1v) is 8.01. The minimum atomic E-state index is -0.500. The van der Waals surface area contributed by atoms with Crippen molar-refractivity contribution in [2.45, 2.75) is 18.3 Å². The van der Waals surface area contributed by atoms with Crippen LogP contribution in [0.25, 0.3) is 11.5 Å². The van der Waals surface area contributed by atoms with Crippen LogP contribution in [-0.2, 0) is 10.2 Å². The highest BCUT2D eigenvalue weighted by Crippen LogP contribution is 2.41. The fourth-order valence-corrected chi connectivity index (χ4v) is 3.25. The summed E-state index contributed by atoms with van der Waals surface area (Å²) in [7, 11) is 0. The molecule has 0 amide bonds. The Morgan fingerprint density at radius 2 is 1.71 bits per heavy atom. The standard InChI is InChI=1S/C19H17FN2O2/c20-16-8-4-7-15(13-16)19(9-11-23-12-10-19)18-22-21-17(24-18)14-5-2-1-3-6-14/h1-8,13H,9-12H2. The first-order valence-electron chi connectivity index (χ1n) is 8.01. The van der Waals surface area contributed by atoms with Crippen LogP contribution in [0, 0.1) is 5.82 Å². The van der Waals surface area contributed by atoms with E-state index in [1.165, 1.54) is 6.07 Å². The van der Waals surface area contributed by atoms with Crippen molar-refractivity contribution in [1.29, 1.82) is 0 Å². The summed E-state index contributed by atoms with van der Waals surface area (Å²) >= 11 is 0. The number of hydrogen-bond acceptors (Lipinski definition) is 4. The number of nitrogens with zero attached hydrogens (tertiary/aromatic N) is 2. The molecule has 24 heavy (non-hydrogen) atoms. The Kier molecular flexibility index (Phi) is 3.86. The third-order valence-corrected chi connectivity index (χ3v) is 4.58. The van der Waals surface area contributed by atoms with Crippen molar-refractivity contribution >= 4 is 0 Å². The van der Waals surface area contributed by atoms with Gasteiger partial charge in [0.25, 0.3) is 0 Å². The molecule has 122 valence electrons. The zero-order valence-corrected chi connectivity index (χ0v) is 13.1. The van der Waals surface area contributed by atoms with E-state index in [0.29, 0.717) is 37.8 Å². The number of hydrogen-bond donors (Lipinski definition) is 0. The molecule has 4 nitrogen and oxygen atoms in total. The van der Waals surface area contributed by atoms with Gasteiger partial charge < -0.3 is 9.15 Å². The van der Waals surface area contributed by atoms with Crippen molar-refractivity contribution in [1.82, 2.24) is 10.2 Å². The molecular formula is C19H17FN2O2.